The van der Waals surface area contributed by atoms with Crippen molar-refractivity contribution in [2.45, 2.75) is 19.3 Å². The molecule has 1 aliphatic heterocycles. The van der Waals surface area contributed by atoms with E-state index in [0.29, 0.717) is 6.42 Å². The summed E-state index contributed by atoms with van der Waals surface area (Å²) in [7, 11) is 0. The van der Waals surface area contributed by atoms with Crippen LogP contribution in [0, 0.1) is 5.41 Å². The van der Waals surface area contributed by atoms with Crippen molar-refractivity contribution in [2.75, 3.05) is 11.5 Å². The summed E-state index contributed by atoms with van der Waals surface area (Å²) in [6.07, 6.45) is 3.92. The van der Waals surface area contributed by atoms with Gasteiger partial charge in [0.2, 0.25) is 0 Å². The highest BCUT2D eigenvalue weighted by Gasteiger charge is 2.38. The van der Waals surface area contributed by atoms with Crippen LogP contribution in [0.2, 0.25) is 0 Å². The molecule has 0 bridgehead atoms. The highest BCUT2D eigenvalue weighted by atomic mass is 32.2. The molecular formula is C9H14O2S. The van der Waals surface area contributed by atoms with Crippen molar-refractivity contribution in [2.24, 2.45) is 5.41 Å². The van der Waals surface area contributed by atoms with Gasteiger partial charge in [-0.05, 0) is 30.8 Å². The monoisotopic (exact) mass is 186 g/mol. The molecule has 1 fully saturated rings. The standard InChI is InChI=1S/C9H14O2S/c1-2-3-9(8(10)11)4-6-12-7-5-9/h2H,1,3-7H2,(H,10,11). The number of carboxylic acids is 1. The number of carboxylic acid groups (broad SMARTS) is 1. The Balaban J connectivity index is 2.69. The number of hydrogen-bond donors (Lipinski definition) is 1. The summed E-state index contributed by atoms with van der Waals surface area (Å²) < 4.78 is 0. The zero-order chi connectivity index (χ0) is 9.03. The predicted molar refractivity (Wildman–Crippen MR) is 51.4 cm³/mol. The maximum Gasteiger partial charge on any atom is 0.310 e. The van der Waals surface area contributed by atoms with Gasteiger partial charge in [-0.1, -0.05) is 6.08 Å². The molecule has 0 aromatic heterocycles. The van der Waals surface area contributed by atoms with Gasteiger partial charge in [0.05, 0.1) is 5.41 Å². The number of thioether (sulfide) groups is 1. The molecule has 0 atom stereocenters. The lowest BCUT2D eigenvalue weighted by Crippen LogP contribution is -2.34. The number of hydrogen-bond acceptors (Lipinski definition) is 2. The van der Waals surface area contributed by atoms with E-state index in [1.54, 1.807) is 6.08 Å². The van der Waals surface area contributed by atoms with E-state index in [1.807, 2.05) is 11.8 Å². The molecule has 0 amide bonds. The van der Waals surface area contributed by atoms with Crippen LogP contribution in [0.25, 0.3) is 0 Å². The van der Waals surface area contributed by atoms with E-state index >= 15 is 0 Å². The van der Waals surface area contributed by atoms with Gasteiger partial charge in [-0.3, -0.25) is 4.79 Å². The van der Waals surface area contributed by atoms with E-state index in [-0.39, 0.29) is 0 Å². The molecule has 0 aromatic carbocycles. The lowest BCUT2D eigenvalue weighted by molar-refractivity contribution is -0.149. The summed E-state index contributed by atoms with van der Waals surface area (Å²) in [5, 5.41) is 9.06. The average Bonchev–Trinajstić information content (AvgIpc) is 2.06. The lowest BCUT2D eigenvalue weighted by atomic mass is 9.79. The predicted octanol–water partition coefficient (Wildman–Crippen LogP) is 2.16. The first-order chi connectivity index (χ1) is 5.71. The first kappa shape index (κ1) is 9.65. The topological polar surface area (TPSA) is 37.3 Å². The zero-order valence-corrected chi connectivity index (χ0v) is 7.90. The summed E-state index contributed by atoms with van der Waals surface area (Å²) in [6, 6.07) is 0. The van der Waals surface area contributed by atoms with Gasteiger partial charge in [0, 0.05) is 0 Å². The van der Waals surface area contributed by atoms with Gasteiger partial charge < -0.3 is 5.11 Å². The molecule has 0 aromatic rings. The third-order valence-electron chi connectivity index (χ3n) is 2.44. The number of allylic oxidation sites excluding steroid dienone is 1. The average molecular weight is 186 g/mol. The Morgan fingerprint density at radius 1 is 1.58 bits per heavy atom. The van der Waals surface area contributed by atoms with Crippen molar-refractivity contribution >= 4 is 17.7 Å². The van der Waals surface area contributed by atoms with Crippen molar-refractivity contribution in [3.05, 3.63) is 12.7 Å². The Bertz CT molecular complexity index is 183. The molecule has 0 aliphatic carbocycles. The molecule has 0 unspecified atom stereocenters. The smallest absolute Gasteiger partial charge is 0.310 e. The summed E-state index contributed by atoms with van der Waals surface area (Å²) in [6.45, 7) is 3.61. The van der Waals surface area contributed by atoms with Crippen LogP contribution in [0.1, 0.15) is 19.3 Å². The minimum absolute atomic E-state index is 0.493. The summed E-state index contributed by atoms with van der Waals surface area (Å²) in [4.78, 5) is 11.0. The van der Waals surface area contributed by atoms with E-state index in [4.69, 9.17) is 5.11 Å². The summed E-state index contributed by atoms with van der Waals surface area (Å²) >= 11 is 1.84. The Kier molecular flexibility index (Phi) is 3.20. The SMILES string of the molecule is C=CCC1(C(=O)O)CCSCC1. The largest absolute Gasteiger partial charge is 0.481 e. The van der Waals surface area contributed by atoms with E-state index in [2.05, 4.69) is 6.58 Å². The molecule has 12 heavy (non-hydrogen) atoms. The normalized spacial score (nSPS) is 21.7. The Morgan fingerprint density at radius 2 is 2.17 bits per heavy atom. The second kappa shape index (κ2) is 3.99. The molecule has 0 spiro atoms. The van der Waals surface area contributed by atoms with Gasteiger partial charge in [0.25, 0.3) is 0 Å². The first-order valence-electron chi connectivity index (χ1n) is 4.13. The summed E-state index contributed by atoms with van der Waals surface area (Å²) in [5.41, 5.74) is -0.493. The zero-order valence-electron chi connectivity index (χ0n) is 7.08. The maximum absolute atomic E-state index is 11.0. The molecular weight excluding hydrogens is 172 g/mol. The molecule has 1 saturated heterocycles. The molecule has 1 rings (SSSR count). The number of carbonyl (C=O) groups is 1. The van der Waals surface area contributed by atoms with Crippen LogP contribution in [-0.2, 0) is 4.79 Å². The lowest BCUT2D eigenvalue weighted by Gasteiger charge is -2.31. The molecule has 0 radical (unpaired) electrons. The summed E-state index contributed by atoms with van der Waals surface area (Å²) in [5.74, 6) is 1.29. The highest BCUT2D eigenvalue weighted by Crippen LogP contribution is 2.38. The number of aliphatic carboxylic acids is 1. The van der Waals surface area contributed by atoms with Crippen LogP contribution in [0.3, 0.4) is 0 Å². The molecule has 3 heteroatoms. The van der Waals surface area contributed by atoms with Crippen molar-refractivity contribution in [3.8, 4) is 0 Å². The fourth-order valence-electron chi connectivity index (χ4n) is 1.54. The van der Waals surface area contributed by atoms with Crippen LogP contribution >= 0.6 is 11.8 Å². The van der Waals surface area contributed by atoms with Crippen LogP contribution in [0.4, 0.5) is 0 Å². The second-order valence-electron chi connectivity index (χ2n) is 3.19. The van der Waals surface area contributed by atoms with Crippen LogP contribution in [-0.4, -0.2) is 22.6 Å². The molecule has 2 nitrogen and oxygen atoms in total. The van der Waals surface area contributed by atoms with Gasteiger partial charge in [0.1, 0.15) is 0 Å². The fraction of sp³-hybridized carbons (Fsp3) is 0.667. The molecule has 1 heterocycles. The van der Waals surface area contributed by atoms with Crippen molar-refractivity contribution in [1.29, 1.82) is 0 Å². The maximum atomic E-state index is 11.0. The van der Waals surface area contributed by atoms with Gasteiger partial charge in [0.15, 0.2) is 0 Å². The third-order valence-corrected chi connectivity index (χ3v) is 3.42. The Hall–Kier alpha value is -0.440. The molecule has 0 saturated carbocycles. The van der Waals surface area contributed by atoms with Gasteiger partial charge in [-0.15, -0.1) is 6.58 Å². The van der Waals surface area contributed by atoms with Crippen molar-refractivity contribution in [3.63, 3.8) is 0 Å². The van der Waals surface area contributed by atoms with Gasteiger partial charge >= 0.3 is 5.97 Å². The van der Waals surface area contributed by atoms with Crippen LogP contribution < -0.4 is 0 Å². The minimum Gasteiger partial charge on any atom is -0.481 e. The minimum atomic E-state index is -0.650. The van der Waals surface area contributed by atoms with Crippen LogP contribution in [0.15, 0.2) is 12.7 Å². The van der Waals surface area contributed by atoms with Crippen molar-refractivity contribution < 1.29 is 9.90 Å². The van der Waals surface area contributed by atoms with E-state index in [9.17, 15) is 4.79 Å². The Morgan fingerprint density at radius 3 is 2.58 bits per heavy atom. The van der Waals surface area contributed by atoms with Crippen LogP contribution in [0.5, 0.6) is 0 Å². The van der Waals surface area contributed by atoms with E-state index < -0.39 is 11.4 Å². The molecule has 1 aliphatic rings. The quantitative estimate of drug-likeness (QED) is 0.686. The van der Waals surface area contributed by atoms with Gasteiger partial charge in [-0.2, -0.15) is 11.8 Å². The highest BCUT2D eigenvalue weighted by molar-refractivity contribution is 7.99. The fourth-order valence-corrected chi connectivity index (χ4v) is 2.82. The van der Waals surface area contributed by atoms with E-state index in [0.717, 1.165) is 24.3 Å². The Labute approximate surface area is 77.0 Å². The molecule has 68 valence electrons. The second-order valence-corrected chi connectivity index (χ2v) is 4.42. The molecule has 1 N–H and O–H groups in total. The first-order valence-corrected chi connectivity index (χ1v) is 5.29. The number of rotatable bonds is 3. The third kappa shape index (κ3) is 1.83. The van der Waals surface area contributed by atoms with Gasteiger partial charge in [-0.25, -0.2) is 0 Å². The van der Waals surface area contributed by atoms with E-state index in [1.165, 1.54) is 0 Å². The van der Waals surface area contributed by atoms with Crippen molar-refractivity contribution in [1.82, 2.24) is 0 Å².